The van der Waals surface area contributed by atoms with Crippen molar-refractivity contribution in [2.24, 2.45) is 0 Å². The number of likely N-dealkylation sites (N-methyl/N-ethyl adjacent to an activating group) is 1. The average Bonchev–Trinajstić information content (AvgIpc) is 3.61. The van der Waals surface area contributed by atoms with Crippen molar-refractivity contribution in [3.05, 3.63) is 54.1 Å². The molecule has 1 atom stereocenters. The molecule has 1 fully saturated rings. The predicted octanol–water partition coefficient (Wildman–Crippen LogP) is 2.73. The molecular weight excluding hydrogens is 402 g/mol. The van der Waals surface area contributed by atoms with Crippen LogP contribution in [0.3, 0.4) is 0 Å². The highest BCUT2D eigenvalue weighted by Crippen LogP contribution is 2.27. The van der Waals surface area contributed by atoms with Gasteiger partial charge in [-0.3, -0.25) is 14.0 Å². The van der Waals surface area contributed by atoms with Crippen molar-refractivity contribution in [1.82, 2.24) is 10.2 Å². The molecule has 2 aromatic carbocycles. The molecule has 1 N–H and O–H groups in total. The van der Waals surface area contributed by atoms with Crippen LogP contribution >= 0.6 is 0 Å². The maximum atomic E-state index is 13.1. The molecule has 0 bridgehead atoms. The number of anilines is 1. The third-order valence-electron chi connectivity index (χ3n) is 5.57. The van der Waals surface area contributed by atoms with Gasteiger partial charge >= 0.3 is 0 Å². The second-order valence-corrected chi connectivity index (χ2v) is 9.62. The van der Waals surface area contributed by atoms with Crippen LogP contribution in [-0.2, 0) is 10.0 Å². The average molecular weight is 432 g/mol. The van der Waals surface area contributed by atoms with Crippen molar-refractivity contribution in [2.75, 3.05) is 32.1 Å². The van der Waals surface area contributed by atoms with Crippen LogP contribution in [0, 0.1) is 0 Å². The number of hydrogen-bond acceptors (Lipinski definition) is 5. The number of methoxy groups -OCH3 is 1. The first-order valence-corrected chi connectivity index (χ1v) is 11.4. The van der Waals surface area contributed by atoms with E-state index in [9.17, 15) is 13.2 Å². The molecule has 30 heavy (non-hydrogen) atoms. The van der Waals surface area contributed by atoms with Crippen LogP contribution in [0.2, 0.25) is 0 Å². The molecule has 0 radical (unpaired) electrons. The van der Waals surface area contributed by atoms with Gasteiger partial charge in [0.1, 0.15) is 5.75 Å². The lowest BCUT2D eigenvalue weighted by molar-refractivity contribution is 0.0939. The summed E-state index contributed by atoms with van der Waals surface area (Å²) in [6.07, 6.45) is 2.41. The van der Waals surface area contributed by atoms with Crippen LogP contribution in [0.4, 0.5) is 5.69 Å². The first kappa shape index (κ1) is 22.1. The number of nitrogens with one attached hydrogen (secondary N) is 1. The van der Waals surface area contributed by atoms with Gasteiger partial charge in [0.25, 0.3) is 15.9 Å². The van der Waals surface area contributed by atoms with E-state index in [-0.39, 0.29) is 16.8 Å². The fourth-order valence-corrected chi connectivity index (χ4v) is 4.46. The van der Waals surface area contributed by atoms with Crippen LogP contribution in [0.25, 0.3) is 0 Å². The molecular formula is C22H29N3O4S. The van der Waals surface area contributed by atoms with Gasteiger partial charge in [0, 0.05) is 31.2 Å². The highest BCUT2D eigenvalue weighted by atomic mass is 32.2. The largest absolute Gasteiger partial charge is 0.497 e. The van der Waals surface area contributed by atoms with Gasteiger partial charge in [-0.05, 0) is 69.3 Å². The standard InChI is InChI=1S/C22H29N3O4S/c1-16(24(2)18-8-9-18)15-23-22(26)17-6-5-7-21(14-17)30(27,28)25(3)19-10-12-20(29-4)13-11-19/h5-7,10-14,16,18H,8-9,15H2,1-4H3,(H,23,26). The number of nitrogens with zero attached hydrogens (tertiary/aromatic N) is 2. The van der Waals surface area contributed by atoms with Crippen molar-refractivity contribution in [1.29, 1.82) is 0 Å². The molecule has 3 rings (SSSR count). The Morgan fingerprint density at radius 1 is 1.17 bits per heavy atom. The Kier molecular flexibility index (Phi) is 6.67. The van der Waals surface area contributed by atoms with Gasteiger partial charge in [-0.25, -0.2) is 8.42 Å². The van der Waals surface area contributed by atoms with E-state index >= 15 is 0 Å². The molecule has 1 saturated carbocycles. The van der Waals surface area contributed by atoms with Crippen molar-refractivity contribution in [2.45, 2.75) is 36.7 Å². The zero-order valence-corrected chi connectivity index (χ0v) is 18.6. The Balaban J connectivity index is 1.71. The first-order chi connectivity index (χ1) is 14.2. The highest BCUT2D eigenvalue weighted by molar-refractivity contribution is 7.92. The zero-order valence-electron chi connectivity index (χ0n) is 17.8. The van der Waals surface area contributed by atoms with E-state index in [2.05, 4.69) is 24.2 Å². The molecule has 0 spiro atoms. The molecule has 0 saturated heterocycles. The second-order valence-electron chi connectivity index (χ2n) is 7.65. The van der Waals surface area contributed by atoms with E-state index in [1.165, 1.54) is 36.3 Å². The van der Waals surface area contributed by atoms with Crippen molar-refractivity contribution in [3.63, 3.8) is 0 Å². The van der Waals surface area contributed by atoms with E-state index in [1.54, 1.807) is 43.5 Å². The van der Waals surface area contributed by atoms with E-state index in [1.807, 2.05) is 0 Å². The third kappa shape index (κ3) is 4.94. The summed E-state index contributed by atoms with van der Waals surface area (Å²) in [4.78, 5) is 14.9. The summed E-state index contributed by atoms with van der Waals surface area (Å²) < 4.78 is 32.4. The van der Waals surface area contributed by atoms with Crippen LogP contribution < -0.4 is 14.4 Å². The van der Waals surface area contributed by atoms with Gasteiger partial charge in [0.15, 0.2) is 0 Å². The lowest BCUT2D eigenvalue weighted by Crippen LogP contribution is -2.41. The summed E-state index contributed by atoms with van der Waals surface area (Å²) in [5.41, 5.74) is 0.822. The number of sulfonamides is 1. The minimum absolute atomic E-state index is 0.0663. The van der Waals surface area contributed by atoms with Gasteiger partial charge in [-0.2, -0.15) is 0 Å². The summed E-state index contributed by atoms with van der Waals surface area (Å²) in [5, 5.41) is 2.91. The smallest absolute Gasteiger partial charge is 0.264 e. The monoisotopic (exact) mass is 431 g/mol. The number of ether oxygens (including phenoxy) is 1. The summed E-state index contributed by atoms with van der Waals surface area (Å²) in [7, 11) is 1.29. The van der Waals surface area contributed by atoms with E-state index in [4.69, 9.17) is 4.74 Å². The maximum absolute atomic E-state index is 13.1. The number of carbonyl (C=O) groups excluding carboxylic acids is 1. The molecule has 1 aliphatic rings. The van der Waals surface area contributed by atoms with E-state index in [0.29, 0.717) is 29.6 Å². The minimum atomic E-state index is -3.81. The van der Waals surface area contributed by atoms with Crippen LogP contribution in [0.5, 0.6) is 5.75 Å². The van der Waals surface area contributed by atoms with E-state index < -0.39 is 10.0 Å². The SMILES string of the molecule is COc1ccc(N(C)S(=O)(=O)c2cccc(C(=O)NCC(C)N(C)C3CC3)c2)cc1. The molecule has 8 heteroatoms. The number of benzene rings is 2. The Hall–Kier alpha value is -2.58. The van der Waals surface area contributed by atoms with Gasteiger partial charge in [0.05, 0.1) is 17.7 Å². The van der Waals surface area contributed by atoms with Gasteiger partial charge in [-0.15, -0.1) is 0 Å². The molecule has 2 aromatic rings. The first-order valence-electron chi connectivity index (χ1n) is 9.97. The van der Waals surface area contributed by atoms with Crippen molar-refractivity contribution < 1.29 is 17.9 Å². The minimum Gasteiger partial charge on any atom is -0.497 e. The van der Waals surface area contributed by atoms with Crippen LogP contribution in [0.1, 0.15) is 30.1 Å². The molecule has 162 valence electrons. The topological polar surface area (TPSA) is 78.9 Å². The van der Waals surface area contributed by atoms with Crippen LogP contribution in [0.15, 0.2) is 53.4 Å². The molecule has 7 nitrogen and oxygen atoms in total. The summed E-state index contributed by atoms with van der Waals surface area (Å²) >= 11 is 0. The lowest BCUT2D eigenvalue weighted by atomic mass is 10.2. The zero-order chi connectivity index (χ0) is 21.9. The van der Waals surface area contributed by atoms with Crippen molar-refractivity contribution >= 4 is 21.6 Å². The predicted molar refractivity (Wildman–Crippen MR) is 118 cm³/mol. The second kappa shape index (κ2) is 9.06. The molecule has 0 aromatic heterocycles. The summed E-state index contributed by atoms with van der Waals surface area (Å²) in [5.74, 6) is 0.361. The summed E-state index contributed by atoms with van der Waals surface area (Å²) in [6.45, 7) is 2.58. The van der Waals surface area contributed by atoms with Gasteiger partial charge in [0.2, 0.25) is 0 Å². The Bertz CT molecular complexity index is 988. The van der Waals surface area contributed by atoms with Crippen molar-refractivity contribution in [3.8, 4) is 5.75 Å². The van der Waals surface area contributed by atoms with Gasteiger partial charge in [-0.1, -0.05) is 6.07 Å². The molecule has 1 aliphatic carbocycles. The van der Waals surface area contributed by atoms with Gasteiger partial charge < -0.3 is 10.1 Å². The Morgan fingerprint density at radius 3 is 2.43 bits per heavy atom. The number of carbonyl (C=O) groups is 1. The number of hydrogen-bond donors (Lipinski definition) is 1. The molecule has 1 amide bonds. The highest BCUT2D eigenvalue weighted by Gasteiger charge is 2.29. The lowest BCUT2D eigenvalue weighted by Gasteiger charge is -2.24. The quantitative estimate of drug-likeness (QED) is 0.661. The Labute approximate surface area is 178 Å². The Morgan fingerprint density at radius 2 is 1.83 bits per heavy atom. The fourth-order valence-electron chi connectivity index (χ4n) is 3.21. The maximum Gasteiger partial charge on any atom is 0.264 e. The molecule has 0 aliphatic heterocycles. The number of rotatable bonds is 9. The number of amides is 1. The van der Waals surface area contributed by atoms with Crippen LogP contribution in [-0.4, -0.2) is 59.1 Å². The molecule has 0 heterocycles. The molecule has 1 unspecified atom stereocenters. The summed E-state index contributed by atoms with van der Waals surface area (Å²) in [6, 6.07) is 13.7. The third-order valence-corrected chi connectivity index (χ3v) is 7.35. The normalized spacial score (nSPS) is 15.0. The van der Waals surface area contributed by atoms with E-state index in [0.717, 1.165) is 0 Å². The fraction of sp³-hybridized carbons (Fsp3) is 0.409.